The van der Waals surface area contributed by atoms with E-state index in [9.17, 15) is 5.11 Å². The van der Waals surface area contributed by atoms with Gasteiger partial charge in [-0.05, 0) is 57.4 Å². The van der Waals surface area contributed by atoms with Crippen molar-refractivity contribution in [3.8, 4) is 0 Å². The second-order valence-corrected chi connectivity index (χ2v) is 6.85. The Labute approximate surface area is 106 Å². The van der Waals surface area contributed by atoms with Crippen LogP contribution in [0.5, 0.6) is 0 Å². The highest BCUT2D eigenvalue weighted by Crippen LogP contribution is 2.43. The van der Waals surface area contributed by atoms with Crippen molar-refractivity contribution in [1.29, 1.82) is 0 Å². The molecule has 2 rings (SSSR count). The van der Waals surface area contributed by atoms with Crippen LogP contribution in [-0.2, 0) is 0 Å². The highest BCUT2D eigenvalue weighted by Gasteiger charge is 2.43. The van der Waals surface area contributed by atoms with Crippen LogP contribution in [-0.4, -0.2) is 35.2 Å². The monoisotopic (exact) mass is 239 g/mol. The molecule has 1 saturated carbocycles. The molecule has 0 aromatic heterocycles. The first-order valence-electron chi connectivity index (χ1n) is 7.35. The first kappa shape index (κ1) is 13.4. The third-order valence-corrected chi connectivity index (χ3v) is 5.66. The molecule has 0 aromatic rings. The molecular weight excluding hydrogens is 210 g/mol. The Morgan fingerprint density at radius 2 is 1.82 bits per heavy atom. The van der Waals surface area contributed by atoms with Crippen molar-refractivity contribution in [2.24, 2.45) is 17.8 Å². The molecule has 2 nitrogen and oxygen atoms in total. The van der Waals surface area contributed by atoms with Gasteiger partial charge in [-0.1, -0.05) is 20.3 Å². The van der Waals surface area contributed by atoms with Crippen LogP contribution in [0.2, 0.25) is 0 Å². The summed E-state index contributed by atoms with van der Waals surface area (Å²) in [6.07, 6.45) is 5.71. The number of aliphatic hydroxyl groups is 1. The minimum Gasteiger partial charge on any atom is -0.389 e. The zero-order valence-electron chi connectivity index (χ0n) is 11.9. The highest BCUT2D eigenvalue weighted by atomic mass is 16.3. The number of hydrogen-bond acceptors (Lipinski definition) is 2. The maximum absolute atomic E-state index is 11.0. The summed E-state index contributed by atoms with van der Waals surface area (Å²) in [7, 11) is 2.18. The lowest BCUT2D eigenvalue weighted by atomic mass is 9.66. The summed E-state index contributed by atoms with van der Waals surface area (Å²) >= 11 is 0. The summed E-state index contributed by atoms with van der Waals surface area (Å²) < 4.78 is 0. The van der Waals surface area contributed by atoms with Gasteiger partial charge in [-0.3, -0.25) is 0 Å². The Morgan fingerprint density at radius 3 is 2.41 bits per heavy atom. The van der Waals surface area contributed by atoms with E-state index in [2.05, 4.69) is 32.7 Å². The largest absolute Gasteiger partial charge is 0.389 e. The van der Waals surface area contributed by atoms with E-state index in [1.54, 1.807) is 0 Å². The molecule has 0 amide bonds. The first-order chi connectivity index (χ1) is 7.92. The molecule has 2 heteroatoms. The van der Waals surface area contributed by atoms with E-state index in [0.717, 1.165) is 31.2 Å². The van der Waals surface area contributed by atoms with Crippen LogP contribution in [0, 0.1) is 17.8 Å². The summed E-state index contributed by atoms with van der Waals surface area (Å²) in [4.78, 5) is 2.38. The average Bonchev–Trinajstić information content (AvgIpc) is 2.28. The molecule has 0 radical (unpaired) electrons. The van der Waals surface area contributed by atoms with Crippen LogP contribution in [0.3, 0.4) is 0 Å². The molecule has 17 heavy (non-hydrogen) atoms. The molecule has 0 spiro atoms. The normalized spacial score (nSPS) is 49.2. The van der Waals surface area contributed by atoms with Crippen molar-refractivity contribution in [2.75, 3.05) is 13.6 Å². The first-order valence-corrected chi connectivity index (χ1v) is 7.35. The van der Waals surface area contributed by atoms with Gasteiger partial charge in [-0.25, -0.2) is 0 Å². The zero-order valence-corrected chi connectivity index (χ0v) is 11.9. The van der Waals surface area contributed by atoms with Crippen molar-refractivity contribution in [1.82, 2.24) is 4.90 Å². The number of rotatable bonds is 1. The molecular formula is C15H29NO. The van der Waals surface area contributed by atoms with Gasteiger partial charge < -0.3 is 10.0 Å². The summed E-state index contributed by atoms with van der Waals surface area (Å²) in [6, 6.07) is 0.531. The van der Waals surface area contributed by atoms with Crippen LogP contribution >= 0.6 is 0 Å². The minimum absolute atomic E-state index is 0.375. The molecule has 1 N–H and O–H groups in total. The predicted octanol–water partition coefficient (Wildman–Crippen LogP) is 2.90. The van der Waals surface area contributed by atoms with E-state index in [-0.39, 0.29) is 5.60 Å². The Kier molecular flexibility index (Phi) is 3.84. The Morgan fingerprint density at radius 1 is 1.12 bits per heavy atom. The van der Waals surface area contributed by atoms with E-state index in [1.807, 2.05) is 0 Å². The average molecular weight is 239 g/mol. The number of hydrogen-bond donors (Lipinski definition) is 1. The maximum atomic E-state index is 11.0. The predicted molar refractivity (Wildman–Crippen MR) is 71.9 cm³/mol. The van der Waals surface area contributed by atoms with Crippen molar-refractivity contribution in [3.05, 3.63) is 0 Å². The molecule has 1 heterocycles. The smallest absolute Gasteiger partial charge is 0.0702 e. The Bertz CT molecular complexity index is 268. The summed E-state index contributed by atoms with van der Waals surface area (Å²) in [5.41, 5.74) is -0.375. The van der Waals surface area contributed by atoms with Gasteiger partial charge in [-0.15, -0.1) is 0 Å². The van der Waals surface area contributed by atoms with Crippen molar-refractivity contribution in [3.63, 3.8) is 0 Å². The summed E-state index contributed by atoms with van der Waals surface area (Å²) in [5, 5.41) is 11.0. The fraction of sp³-hybridized carbons (Fsp3) is 1.00. The third-order valence-electron chi connectivity index (χ3n) is 5.66. The second kappa shape index (κ2) is 4.89. The second-order valence-electron chi connectivity index (χ2n) is 6.85. The van der Waals surface area contributed by atoms with Gasteiger partial charge in [0.1, 0.15) is 0 Å². The van der Waals surface area contributed by atoms with Crippen LogP contribution in [0.1, 0.15) is 52.9 Å². The fourth-order valence-corrected chi connectivity index (χ4v) is 3.77. The Hall–Kier alpha value is -0.0800. The summed E-state index contributed by atoms with van der Waals surface area (Å²) in [5.74, 6) is 2.18. The molecule has 0 aromatic carbocycles. The fourth-order valence-electron chi connectivity index (χ4n) is 3.77. The summed E-state index contributed by atoms with van der Waals surface area (Å²) in [6.45, 7) is 8.03. The molecule has 2 aliphatic rings. The molecule has 2 fully saturated rings. The quantitative estimate of drug-likeness (QED) is 0.760. The lowest BCUT2D eigenvalue weighted by molar-refractivity contribution is -0.0972. The number of likely N-dealkylation sites (tertiary alicyclic amines) is 1. The molecule has 1 saturated heterocycles. The third kappa shape index (κ3) is 2.68. The van der Waals surface area contributed by atoms with E-state index in [0.29, 0.717) is 12.0 Å². The van der Waals surface area contributed by atoms with Gasteiger partial charge in [0.2, 0.25) is 0 Å². The maximum Gasteiger partial charge on any atom is 0.0702 e. The number of nitrogens with zero attached hydrogens (tertiary/aromatic N) is 1. The molecule has 5 atom stereocenters. The zero-order chi connectivity index (χ0) is 12.6. The van der Waals surface area contributed by atoms with Crippen molar-refractivity contribution >= 4 is 0 Å². The van der Waals surface area contributed by atoms with Crippen LogP contribution < -0.4 is 0 Å². The highest BCUT2D eigenvalue weighted by molar-refractivity contribution is 4.96. The van der Waals surface area contributed by atoms with E-state index in [1.165, 1.54) is 19.3 Å². The van der Waals surface area contributed by atoms with E-state index < -0.39 is 0 Å². The molecule has 0 bridgehead atoms. The van der Waals surface area contributed by atoms with Gasteiger partial charge >= 0.3 is 0 Å². The van der Waals surface area contributed by atoms with Gasteiger partial charge in [0.05, 0.1) is 5.60 Å². The molecule has 5 unspecified atom stereocenters. The lowest BCUT2D eigenvalue weighted by Crippen LogP contribution is -2.52. The van der Waals surface area contributed by atoms with Crippen LogP contribution in [0.4, 0.5) is 0 Å². The van der Waals surface area contributed by atoms with E-state index >= 15 is 0 Å². The minimum atomic E-state index is -0.375. The van der Waals surface area contributed by atoms with Crippen molar-refractivity contribution < 1.29 is 5.11 Å². The topological polar surface area (TPSA) is 23.5 Å². The lowest BCUT2D eigenvalue weighted by Gasteiger charge is -2.48. The Balaban J connectivity index is 2.01. The van der Waals surface area contributed by atoms with Gasteiger partial charge in [0.25, 0.3) is 0 Å². The van der Waals surface area contributed by atoms with Crippen molar-refractivity contribution in [2.45, 2.75) is 64.5 Å². The SMILES string of the molecule is CC1CCC(C2(O)CCN(C)C(C)C2)CC1C. The van der Waals surface area contributed by atoms with Crippen LogP contribution in [0.25, 0.3) is 0 Å². The molecule has 1 aliphatic heterocycles. The van der Waals surface area contributed by atoms with E-state index in [4.69, 9.17) is 0 Å². The number of piperidine rings is 1. The van der Waals surface area contributed by atoms with Crippen LogP contribution in [0.15, 0.2) is 0 Å². The van der Waals surface area contributed by atoms with Gasteiger partial charge in [0.15, 0.2) is 0 Å². The standard InChI is InChI=1S/C15H29NO/c1-11-5-6-14(9-12(11)2)15(17)7-8-16(4)13(3)10-15/h11-14,17H,5-10H2,1-4H3. The molecule has 100 valence electrons. The van der Waals surface area contributed by atoms with Gasteiger partial charge in [-0.2, -0.15) is 0 Å². The van der Waals surface area contributed by atoms with Gasteiger partial charge in [0, 0.05) is 12.6 Å². The molecule has 1 aliphatic carbocycles.